The van der Waals surface area contributed by atoms with Crippen LogP contribution in [0.15, 0.2) is 12.1 Å². The molecule has 2 aromatic rings. The molecular weight excluding hydrogens is 268 g/mol. The maximum Gasteiger partial charge on any atom is 0.375 e. The Balaban J connectivity index is 2.75. The van der Waals surface area contributed by atoms with Crippen LogP contribution in [0, 0.1) is 18.6 Å². The van der Waals surface area contributed by atoms with Gasteiger partial charge in [0, 0.05) is 5.92 Å². The molecule has 1 aromatic heterocycles. The molecule has 0 bridgehead atoms. The lowest BCUT2D eigenvalue weighted by Gasteiger charge is -2.11. The van der Waals surface area contributed by atoms with Crippen LogP contribution in [0.3, 0.4) is 0 Å². The van der Waals surface area contributed by atoms with Crippen molar-refractivity contribution < 1.29 is 18.7 Å². The molecule has 1 N–H and O–H groups in total. The van der Waals surface area contributed by atoms with Crippen LogP contribution >= 0.6 is 0 Å². The first-order chi connectivity index (χ1) is 9.32. The molecule has 0 spiro atoms. The van der Waals surface area contributed by atoms with Crippen molar-refractivity contribution in [1.82, 2.24) is 14.8 Å². The number of benzene rings is 1. The van der Waals surface area contributed by atoms with Gasteiger partial charge in [-0.1, -0.05) is 19.9 Å². The number of nitrogens with zero attached hydrogens (tertiary/aromatic N) is 3. The van der Waals surface area contributed by atoms with Gasteiger partial charge in [0.1, 0.15) is 11.5 Å². The van der Waals surface area contributed by atoms with Gasteiger partial charge >= 0.3 is 5.97 Å². The van der Waals surface area contributed by atoms with Gasteiger partial charge in [-0.3, -0.25) is 0 Å². The summed E-state index contributed by atoms with van der Waals surface area (Å²) >= 11 is 0. The molecule has 0 aliphatic rings. The zero-order valence-corrected chi connectivity index (χ0v) is 11.2. The lowest BCUT2D eigenvalue weighted by molar-refractivity contribution is 0.0683. The predicted octanol–water partition coefficient (Wildman–Crippen LogP) is 2.68. The fraction of sp³-hybridized carbons (Fsp3) is 0.308. The maximum absolute atomic E-state index is 14.1. The highest BCUT2D eigenvalue weighted by atomic mass is 19.1. The van der Waals surface area contributed by atoms with Crippen LogP contribution in [0.4, 0.5) is 8.78 Å². The molecule has 0 saturated carbocycles. The third kappa shape index (κ3) is 2.26. The van der Waals surface area contributed by atoms with Crippen molar-refractivity contribution in [3.63, 3.8) is 0 Å². The molecule has 0 atom stereocenters. The van der Waals surface area contributed by atoms with Gasteiger partial charge in [-0.25, -0.2) is 23.2 Å². The molecule has 7 heteroatoms. The molecule has 0 aliphatic heterocycles. The second-order valence-corrected chi connectivity index (χ2v) is 4.69. The van der Waals surface area contributed by atoms with Gasteiger partial charge in [0.2, 0.25) is 0 Å². The second-order valence-electron chi connectivity index (χ2n) is 4.69. The molecule has 0 saturated heterocycles. The van der Waals surface area contributed by atoms with Gasteiger partial charge < -0.3 is 5.11 Å². The van der Waals surface area contributed by atoms with Crippen LogP contribution in [0.5, 0.6) is 0 Å². The van der Waals surface area contributed by atoms with E-state index in [1.54, 1.807) is 13.8 Å². The zero-order valence-electron chi connectivity index (χ0n) is 11.2. The first kappa shape index (κ1) is 14.1. The minimum absolute atomic E-state index is 0.186. The number of aromatic nitrogens is 3. The Morgan fingerprint density at radius 3 is 2.55 bits per heavy atom. The van der Waals surface area contributed by atoms with Crippen molar-refractivity contribution in [2.45, 2.75) is 26.7 Å². The van der Waals surface area contributed by atoms with Gasteiger partial charge in [0.05, 0.1) is 0 Å². The Hall–Kier alpha value is -2.31. The fourth-order valence-corrected chi connectivity index (χ4v) is 1.79. The summed E-state index contributed by atoms with van der Waals surface area (Å²) in [5, 5.41) is 12.6. The van der Waals surface area contributed by atoms with Crippen molar-refractivity contribution >= 4 is 5.97 Å². The van der Waals surface area contributed by atoms with Gasteiger partial charge in [0.25, 0.3) is 5.82 Å². The number of carboxylic acid groups (broad SMARTS) is 1. The van der Waals surface area contributed by atoms with Gasteiger partial charge in [-0.2, -0.15) is 0 Å². The molecule has 0 unspecified atom stereocenters. The van der Waals surface area contributed by atoms with Crippen LogP contribution in [0.2, 0.25) is 0 Å². The maximum atomic E-state index is 14.1. The molecule has 106 valence electrons. The van der Waals surface area contributed by atoms with E-state index in [0.717, 1.165) is 10.7 Å². The van der Waals surface area contributed by atoms with Gasteiger partial charge in [0.15, 0.2) is 11.6 Å². The average Bonchev–Trinajstić information content (AvgIpc) is 2.79. The van der Waals surface area contributed by atoms with E-state index in [-0.39, 0.29) is 17.3 Å². The van der Waals surface area contributed by atoms with E-state index in [2.05, 4.69) is 10.1 Å². The number of rotatable bonds is 3. The Bertz CT molecular complexity index is 680. The number of carbonyl (C=O) groups is 1. The summed E-state index contributed by atoms with van der Waals surface area (Å²) in [4.78, 5) is 14.7. The first-order valence-electron chi connectivity index (χ1n) is 5.98. The van der Waals surface area contributed by atoms with E-state index >= 15 is 0 Å². The summed E-state index contributed by atoms with van der Waals surface area (Å²) in [6.45, 7) is 4.96. The van der Waals surface area contributed by atoms with Crippen molar-refractivity contribution in [3.05, 3.63) is 41.0 Å². The highest BCUT2D eigenvalue weighted by molar-refractivity contribution is 5.83. The van der Waals surface area contributed by atoms with Crippen LogP contribution in [-0.4, -0.2) is 25.8 Å². The summed E-state index contributed by atoms with van der Waals surface area (Å²) in [6.07, 6.45) is 0. The Kier molecular flexibility index (Phi) is 3.52. The van der Waals surface area contributed by atoms with Crippen molar-refractivity contribution in [3.8, 4) is 5.69 Å². The van der Waals surface area contributed by atoms with Crippen LogP contribution in [0.1, 0.15) is 41.8 Å². The molecule has 5 nitrogen and oxygen atoms in total. The normalized spacial score (nSPS) is 11.1. The van der Waals surface area contributed by atoms with E-state index in [1.165, 1.54) is 13.0 Å². The lowest BCUT2D eigenvalue weighted by Crippen LogP contribution is -2.10. The minimum atomic E-state index is -1.35. The Morgan fingerprint density at radius 1 is 1.35 bits per heavy atom. The van der Waals surface area contributed by atoms with E-state index < -0.39 is 29.1 Å². The van der Waals surface area contributed by atoms with Crippen molar-refractivity contribution in [1.29, 1.82) is 0 Å². The van der Waals surface area contributed by atoms with Gasteiger partial charge in [-0.05, 0) is 18.6 Å². The first-order valence-corrected chi connectivity index (χ1v) is 5.98. The third-order valence-corrected chi connectivity index (χ3v) is 2.81. The number of hydrogen-bond donors (Lipinski definition) is 1. The lowest BCUT2D eigenvalue weighted by atomic mass is 10.1. The number of aromatic carboxylic acids is 1. The molecular formula is C13H13F2N3O2. The standard InChI is InChI=1S/C13H13F2N3O2/c1-6(2)12-16-11(13(19)20)17-18(12)10-8(14)5-4-7(3)9(10)15/h4-6H,1-3H3,(H,19,20). The van der Waals surface area contributed by atoms with Crippen molar-refractivity contribution in [2.75, 3.05) is 0 Å². The van der Waals surface area contributed by atoms with Crippen LogP contribution in [0.25, 0.3) is 5.69 Å². The van der Waals surface area contributed by atoms with Crippen LogP contribution < -0.4 is 0 Å². The minimum Gasteiger partial charge on any atom is -0.475 e. The number of aryl methyl sites for hydroxylation is 1. The summed E-state index contributed by atoms with van der Waals surface area (Å²) < 4.78 is 28.9. The fourth-order valence-electron chi connectivity index (χ4n) is 1.79. The van der Waals surface area contributed by atoms with E-state index in [0.29, 0.717) is 0 Å². The summed E-state index contributed by atoms with van der Waals surface area (Å²) in [6, 6.07) is 2.41. The summed E-state index contributed by atoms with van der Waals surface area (Å²) in [5.74, 6) is -3.50. The summed E-state index contributed by atoms with van der Waals surface area (Å²) in [7, 11) is 0. The molecule has 1 aromatic carbocycles. The highest BCUT2D eigenvalue weighted by Crippen LogP contribution is 2.24. The molecule has 2 rings (SSSR count). The van der Waals surface area contributed by atoms with Crippen molar-refractivity contribution in [2.24, 2.45) is 0 Å². The average molecular weight is 281 g/mol. The number of halogens is 2. The van der Waals surface area contributed by atoms with E-state index in [1.807, 2.05) is 0 Å². The molecule has 20 heavy (non-hydrogen) atoms. The zero-order chi connectivity index (χ0) is 15.0. The summed E-state index contributed by atoms with van der Waals surface area (Å²) in [5.41, 5.74) is -0.169. The van der Waals surface area contributed by atoms with E-state index in [4.69, 9.17) is 5.11 Å². The topological polar surface area (TPSA) is 68.0 Å². The number of carboxylic acids is 1. The van der Waals surface area contributed by atoms with Crippen LogP contribution in [-0.2, 0) is 0 Å². The highest BCUT2D eigenvalue weighted by Gasteiger charge is 2.23. The molecule has 0 amide bonds. The Morgan fingerprint density at radius 2 is 2.00 bits per heavy atom. The quantitative estimate of drug-likeness (QED) is 0.939. The smallest absolute Gasteiger partial charge is 0.375 e. The second kappa shape index (κ2) is 4.99. The predicted molar refractivity (Wildman–Crippen MR) is 67.1 cm³/mol. The number of hydrogen-bond acceptors (Lipinski definition) is 3. The van der Waals surface area contributed by atoms with E-state index in [9.17, 15) is 13.6 Å². The van der Waals surface area contributed by atoms with Gasteiger partial charge in [-0.15, -0.1) is 5.10 Å². The Labute approximate surface area is 113 Å². The monoisotopic (exact) mass is 281 g/mol. The largest absolute Gasteiger partial charge is 0.475 e. The molecule has 0 fully saturated rings. The third-order valence-electron chi connectivity index (χ3n) is 2.81. The molecule has 0 aliphatic carbocycles. The molecule has 0 radical (unpaired) electrons. The molecule has 1 heterocycles. The SMILES string of the molecule is Cc1ccc(F)c(-n2nc(C(=O)O)nc2C(C)C)c1F.